The number of hydrogen-bond donors (Lipinski definition) is 1. The van der Waals surface area contributed by atoms with Crippen molar-refractivity contribution in [1.82, 2.24) is 0 Å². The van der Waals surface area contributed by atoms with E-state index in [-0.39, 0.29) is 0 Å². The molecule has 0 aromatic rings. The molecule has 0 saturated heterocycles. The molecule has 0 saturated carbocycles. The Morgan fingerprint density at radius 2 is 1.40 bits per heavy atom. The van der Waals surface area contributed by atoms with Gasteiger partial charge in [-0.2, -0.15) is 26.3 Å². The summed E-state index contributed by atoms with van der Waals surface area (Å²) in [6.45, 7) is 0.493. The summed E-state index contributed by atoms with van der Waals surface area (Å²) in [5.74, 6) is -7.12. The minimum absolute atomic E-state index is 0.493. The molecule has 0 amide bonds. The lowest BCUT2D eigenvalue weighted by atomic mass is 10.2. The highest BCUT2D eigenvalue weighted by molar-refractivity contribution is 5.65. The molecule has 0 heterocycles. The van der Waals surface area contributed by atoms with Crippen LogP contribution >= 0.6 is 0 Å². The summed E-state index contributed by atoms with van der Waals surface area (Å²) in [4.78, 5) is 15.7. The fourth-order valence-corrected chi connectivity index (χ4v) is 0.374. The highest BCUT2D eigenvalue weighted by Crippen LogP contribution is 2.43. The molecule has 90 valence electrons. The zero-order valence-electron chi connectivity index (χ0n) is 6.94. The van der Waals surface area contributed by atoms with Crippen LogP contribution in [0.4, 0.5) is 26.3 Å². The molecule has 10 heteroatoms. The van der Waals surface area contributed by atoms with E-state index in [1.54, 1.807) is 0 Å². The molecule has 0 unspecified atom stereocenters. The van der Waals surface area contributed by atoms with Crippen molar-refractivity contribution in [2.75, 3.05) is 0 Å². The minimum atomic E-state index is -6.19. The standard InChI is InChI=1S/C5H4F6O4/c1-2(12)14-15-3(13,4(6,7)8)5(9,10)11/h13H,1H3. The van der Waals surface area contributed by atoms with Gasteiger partial charge < -0.3 is 5.11 Å². The number of carbonyl (C=O) groups excluding carboxylic acids is 1. The monoisotopic (exact) mass is 242 g/mol. The summed E-state index contributed by atoms with van der Waals surface area (Å²) in [5, 5.41) is 8.18. The molecule has 4 nitrogen and oxygen atoms in total. The first-order valence-electron chi connectivity index (χ1n) is 3.14. The van der Waals surface area contributed by atoms with Crippen LogP contribution in [0.1, 0.15) is 6.92 Å². The first-order chi connectivity index (χ1) is 6.42. The van der Waals surface area contributed by atoms with Crippen LogP contribution in [0.5, 0.6) is 0 Å². The summed E-state index contributed by atoms with van der Waals surface area (Å²) in [7, 11) is 0. The Balaban J connectivity index is 4.98. The molecule has 0 radical (unpaired) electrons. The van der Waals surface area contributed by atoms with Crippen molar-refractivity contribution in [1.29, 1.82) is 0 Å². The van der Waals surface area contributed by atoms with Crippen LogP contribution in [0.25, 0.3) is 0 Å². The average molecular weight is 242 g/mol. The van der Waals surface area contributed by atoms with Crippen LogP contribution in [0.15, 0.2) is 0 Å². The molecule has 15 heavy (non-hydrogen) atoms. The van der Waals surface area contributed by atoms with Crippen molar-refractivity contribution in [2.24, 2.45) is 0 Å². The molecule has 1 N–H and O–H groups in total. The molecule has 0 rings (SSSR count). The second-order valence-corrected chi connectivity index (χ2v) is 2.30. The van der Waals surface area contributed by atoms with Gasteiger partial charge in [0.15, 0.2) is 0 Å². The molecule has 0 fully saturated rings. The van der Waals surface area contributed by atoms with E-state index in [2.05, 4.69) is 9.78 Å². The largest absolute Gasteiger partial charge is 0.457 e. The van der Waals surface area contributed by atoms with Gasteiger partial charge in [0.25, 0.3) is 0 Å². The highest BCUT2D eigenvalue weighted by Gasteiger charge is 2.74. The predicted molar refractivity (Wildman–Crippen MR) is 29.9 cm³/mol. The van der Waals surface area contributed by atoms with Gasteiger partial charge in [-0.25, -0.2) is 4.79 Å². The van der Waals surface area contributed by atoms with Crippen LogP contribution in [0, 0.1) is 0 Å². The molecule has 0 aromatic heterocycles. The van der Waals surface area contributed by atoms with Gasteiger partial charge in [-0.1, -0.05) is 0 Å². The van der Waals surface area contributed by atoms with Crippen LogP contribution in [0.2, 0.25) is 0 Å². The van der Waals surface area contributed by atoms with Crippen LogP contribution in [-0.4, -0.2) is 29.2 Å². The summed E-state index contributed by atoms with van der Waals surface area (Å²) < 4.78 is 70.6. The molecular formula is C5H4F6O4. The summed E-state index contributed by atoms with van der Waals surface area (Å²) in [5.41, 5.74) is 0. The molecule has 0 aliphatic carbocycles. The van der Waals surface area contributed by atoms with E-state index in [9.17, 15) is 31.1 Å². The lowest BCUT2D eigenvalue weighted by Crippen LogP contribution is -2.58. The number of aliphatic hydroxyl groups is 1. The lowest BCUT2D eigenvalue weighted by molar-refractivity contribution is -0.528. The van der Waals surface area contributed by atoms with E-state index in [0.717, 1.165) is 0 Å². The van der Waals surface area contributed by atoms with E-state index in [1.807, 2.05) is 0 Å². The number of rotatable bonds is 2. The summed E-state index contributed by atoms with van der Waals surface area (Å²) in [6.07, 6.45) is -12.4. The van der Waals surface area contributed by atoms with Gasteiger partial charge in [0.1, 0.15) is 0 Å². The third-order valence-electron chi connectivity index (χ3n) is 1.05. The first-order valence-corrected chi connectivity index (χ1v) is 3.14. The topological polar surface area (TPSA) is 55.8 Å². The van der Waals surface area contributed by atoms with E-state index >= 15 is 0 Å². The van der Waals surface area contributed by atoms with Gasteiger partial charge in [0.05, 0.1) is 0 Å². The molecule has 0 bridgehead atoms. The minimum Gasteiger partial charge on any atom is -0.349 e. The van der Waals surface area contributed by atoms with E-state index in [0.29, 0.717) is 6.92 Å². The SMILES string of the molecule is CC(=O)OOC(O)(C(F)(F)F)C(F)(F)F. The van der Waals surface area contributed by atoms with Crippen molar-refractivity contribution < 1.29 is 46.0 Å². The Kier molecular flexibility index (Phi) is 3.59. The number of hydrogen-bond acceptors (Lipinski definition) is 4. The second-order valence-electron chi connectivity index (χ2n) is 2.30. The van der Waals surface area contributed by atoms with E-state index in [1.165, 1.54) is 0 Å². The van der Waals surface area contributed by atoms with Crippen LogP contribution in [0.3, 0.4) is 0 Å². The maximum Gasteiger partial charge on any atom is 0.457 e. The van der Waals surface area contributed by atoms with Crippen molar-refractivity contribution in [2.45, 2.75) is 25.1 Å². The summed E-state index contributed by atoms with van der Waals surface area (Å²) >= 11 is 0. The lowest BCUT2D eigenvalue weighted by Gasteiger charge is -2.29. The third kappa shape index (κ3) is 2.96. The summed E-state index contributed by atoms with van der Waals surface area (Å²) in [6, 6.07) is 0. The fourth-order valence-electron chi connectivity index (χ4n) is 0.374. The molecule has 0 aliphatic heterocycles. The van der Waals surface area contributed by atoms with Gasteiger partial charge in [-0.15, -0.1) is 4.89 Å². The van der Waals surface area contributed by atoms with Crippen molar-refractivity contribution >= 4 is 5.97 Å². The second kappa shape index (κ2) is 3.85. The van der Waals surface area contributed by atoms with Gasteiger partial charge >= 0.3 is 24.1 Å². The van der Waals surface area contributed by atoms with Crippen LogP contribution in [-0.2, 0) is 14.6 Å². The van der Waals surface area contributed by atoms with Gasteiger partial charge in [-0.3, -0.25) is 4.89 Å². The van der Waals surface area contributed by atoms with E-state index in [4.69, 9.17) is 5.11 Å². The van der Waals surface area contributed by atoms with Crippen molar-refractivity contribution in [3.63, 3.8) is 0 Å². The third-order valence-corrected chi connectivity index (χ3v) is 1.05. The average Bonchev–Trinajstić information content (AvgIpc) is 1.95. The fraction of sp³-hybridized carbons (Fsp3) is 0.800. The van der Waals surface area contributed by atoms with Crippen LogP contribution < -0.4 is 0 Å². The maximum absolute atomic E-state index is 11.8. The van der Waals surface area contributed by atoms with Crippen molar-refractivity contribution in [3.05, 3.63) is 0 Å². The molecule has 0 atom stereocenters. The zero-order valence-corrected chi connectivity index (χ0v) is 6.94. The zero-order chi connectivity index (χ0) is 12.5. The Hall–Kier alpha value is -1.03. The Bertz CT molecular complexity index is 229. The molecule has 0 aromatic carbocycles. The predicted octanol–water partition coefficient (Wildman–Crippen LogP) is 1.29. The first kappa shape index (κ1) is 14.0. The Morgan fingerprint density at radius 1 is 1.07 bits per heavy atom. The van der Waals surface area contributed by atoms with Gasteiger partial charge in [0, 0.05) is 6.92 Å². The molecule has 0 spiro atoms. The van der Waals surface area contributed by atoms with E-state index < -0.39 is 24.1 Å². The maximum atomic E-state index is 11.8. The smallest absolute Gasteiger partial charge is 0.349 e. The quantitative estimate of drug-likeness (QED) is 0.343. The number of halogens is 6. The number of carbonyl (C=O) groups is 1. The Labute approximate surface area is 78.3 Å². The Morgan fingerprint density at radius 3 is 1.60 bits per heavy atom. The van der Waals surface area contributed by atoms with Gasteiger partial charge in [-0.05, 0) is 0 Å². The molecule has 0 aliphatic rings. The van der Waals surface area contributed by atoms with Crippen molar-refractivity contribution in [3.8, 4) is 0 Å². The highest BCUT2D eigenvalue weighted by atomic mass is 19.4. The molecular weight excluding hydrogens is 238 g/mol. The van der Waals surface area contributed by atoms with Gasteiger partial charge in [0.2, 0.25) is 0 Å². The normalized spacial score (nSPS) is 13.9. The number of alkyl halides is 6.